The minimum Gasteiger partial charge on any atom is -0.550 e. The van der Waals surface area contributed by atoms with Crippen molar-refractivity contribution in [2.75, 3.05) is 6.54 Å². The van der Waals surface area contributed by atoms with E-state index in [1.807, 2.05) is 0 Å². The average molecular weight is 323 g/mol. The average Bonchev–Trinajstić information content (AvgIpc) is 2.70. The van der Waals surface area contributed by atoms with E-state index in [-0.39, 0.29) is 12.1 Å². The summed E-state index contributed by atoms with van der Waals surface area (Å²) in [7, 11) is 0. The Kier molecular flexibility index (Phi) is 4.51. The maximum Gasteiger partial charge on any atom is 0.290 e. The molecule has 1 aliphatic heterocycles. The molecular formula is C15H13ClNO5-. The number of nitrogens with zero attached hydrogens (tertiary/aromatic N) is 1. The molecule has 1 amide bonds. The van der Waals surface area contributed by atoms with Crippen molar-refractivity contribution in [3.05, 3.63) is 46.2 Å². The second-order valence-electron chi connectivity index (χ2n) is 4.89. The summed E-state index contributed by atoms with van der Waals surface area (Å²) < 4.78 is 0. The van der Waals surface area contributed by atoms with E-state index in [9.17, 15) is 24.6 Å². The monoisotopic (exact) mass is 322 g/mol. The van der Waals surface area contributed by atoms with Gasteiger partial charge in [0.15, 0.2) is 11.5 Å². The molecule has 0 spiro atoms. The first kappa shape index (κ1) is 16.0. The third kappa shape index (κ3) is 2.96. The Labute approximate surface area is 131 Å². The summed E-state index contributed by atoms with van der Waals surface area (Å²) in [5.41, 5.74) is 0.510. The minimum atomic E-state index is -1.32. The number of ketones is 1. The van der Waals surface area contributed by atoms with E-state index in [0.717, 1.165) is 4.90 Å². The SMILES string of the molecule is CC(=O)C1=C(O)C(=O)N(CCC(=O)[O-])C1c1ccc(Cl)cc1. The number of carbonyl (C=O) groups is 3. The Morgan fingerprint density at radius 2 is 1.91 bits per heavy atom. The zero-order valence-electron chi connectivity index (χ0n) is 11.7. The third-order valence-corrected chi connectivity index (χ3v) is 3.68. The molecule has 0 saturated carbocycles. The number of aliphatic carboxylic acids is 1. The van der Waals surface area contributed by atoms with Gasteiger partial charge in [0.25, 0.3) is 5.91 Å². The molecule has 1 N–H and O–H groups in total. The molecule has 1 aromatic carbocycles. The lowest BCUT2D eigenvalue weighted by Crippen LogP contribution is -2.35. The molecule has 1 atom stereocenters. The van der Waals surface area contributed by atoms with E-state index in [2.05, 4.69) is 0 Å². The quantitative estimate of drug-likeness (QED) is 0.863. The lowest BCUT2D eigenvalue weighted by Gasteiger charge is -2.26. The molecule has 1 unspecified atom stereocenters. The number of aliphatic hydroxyl groups is 1. The van der Waals surface area contributed by atoms with Crippen molar-refractivity contribution >= 4 is 29.3 Å². The Morgan fingerprint density at radius 3 is 2.41 bits per heavy atom. The van der Waals surface area contributed by atoms with Crippen LogP contribution in [0.4, 0.5) is 0 Å². The van der Waals surface area contributed by atoms with Gasteiger partial charge in [0.05, 0.1) is 11.6 Å². The van der Waals surface area contributed by atoms with Gasteiger partial charge < -0.3 is 19.9 Å². The van der Waals surface area contributed by atoms with Gasteiger partial charge in [-0.15, -0.1) is 0 Å². The summed E-state index contributed by atoms with van der Waals surface area (Å²) in [6.07, 6.45) is -0.395. The van der Waals surface area contributed by atoms with Crippen LogP contribution in [0.1, 0.15) is 24.9 Å². The van der Waals surface area contributed by atoms with Crippen LogP contribution in [0.5, 0.6) is 0 Å². The smallest absolute Gasteiger partial charge is 0.290 e. The highest BCUT2D eigenvalue weighted by Crippen LogP contribution is 2.37. The maximum atomic E-state index is 12.1. The van der Waals surface area contributed by atoms with E-state index in [1.165, 1.54) is 6.92 Å². The molecule has 0 aliphatic carbocycles. The summed E-state index contributed by atoms with van der Waals surface area (Å²) >= 11 is 5.82. The van der Waals surface area contributed by atoms with E-state index in [4.69, 9.17) is 11.6 Å². The fourth-order valence-corrected chi connectivity index (χ4v) is 2.57. The van der Waals surface area contributed by atoms with Crippen LogP contribution in [0, 0.1) is 0 Å². The molecule has 6 nitrogen and oxygen atoms in total. The number of Topliss-reactive ketones (excluding diaryl/α,β-unsaturated/α-hetero) is 1. The van der Waals surface area contributed by atoms with Crippen LogP contribution in [0.2, 0.25) is 5.02 Å². The zero-order valence-corrected chi connectivity index (χ0v) is 12.5. The number of hydrogen-bond acceptors (Lipinski definition) is 5. The van der Waals surface area contributed by atoms with E-state index >= 15 is 0 Å². The van der Waals surface area contributed by atoms with Crippen LogP contribution < -0.4 is 5.11 Å². The highest BCUT2D eigenvalue weighted by atomic mass is 35.5. The highest BCUT2D eigenvalue weighted by Gasteiger charge is 2.41. The number of carboxylic acids is 1. The number of halogens is 1. The number of carboxylic acid groups (broad SMARTS) is 1. The normalized spacial score (nSPS) is 18.0. The first-order valence-corrected chi connectivity index (χ1v) is 6.91. The summed E-state index contributed by atoms with van der Waals surface area (Å²) in [5, 5.41) is 21.0. The van der Waals surface area contributed by atoms with Gasteiger partial charge in [0.1, 0.15) is 0 Å². The van der Waals surface area contributed by atoms with Crippen LogP contribution in [-0.2, 0) is 14.4 Å². The predicted molar refractivity (Wildman–Crippen MR) is 75.9 cm³/mol. The molecule has 22 heavy (non-hydrogen) atoms. The lowest BCUT2D eigenvalue weighted by molar-refractivity contribution is -0.305. The molecule has 0 aromatic heterocycles. The van der Waals surface area contributed by atoms with E-state index < -0.39 is 35.9 Å². The second-order valence-corrected chi connectivity index (χ2v) is 5.33. The topological polar surface area (TPSA) is 97.7 Å². The van der Waals surface area contributed by atoms with Gasteiger partial charge >= 0.3 is 0 Å². The van der Waals surface area contributed by atoms with Gasteiger partial charge in [0, 0.05) is 24.0 Å². The van der Waals surface area contributed by atoms with Crippen molar-refractivity contribution in [2.24, 2.45) is 0 Å². The van der Waals surface area contributed by atoms with Crippen molar-refractivity contribution in [1.82, 2.24) is 4.90 Å². The summed E-state index contributed by atoms with van der Waals surface area (Å²) in [4.78, 5) is 35.7. The van der Waals surface area contributed by atoms with Crippen LogP contribution in [0.25, 0.3) is 0 Å². The fraction of sp³-hybridized carbons (Fsp3) is 0.267. The number of aliphatic hydroxyl groups excluding tert-OH is 1. The Bertz CT molecular complexity index is 665. The van der Waals surface area contributed by atoms with Gasteiger partial charge in [-0.2, -0.15) is 0 Å². The number of rotatable bonds is 5. The molecule has 0 bridgehead atoms. The second kappa shape index (κ2) is 6.19. The standard InChI is InChI=1S/C15H14ClNO5/c1-8(18)12-13(9-2-4-10(16)5-3-9)17(7-6-11(19)20)15(22)14(12)21/h2-5,13,21H,6-7H2,1H3,(H,19,20)/p-1. The molecule has 1 aromatic rings. The molecule has 0 radical (unpaired) electrons. The maximum absolute atomic E-state index is 12.1. The van der Waals surface area contributed by atoms with Crippen molar-refractivity contribution in [3.8, 4) is 0 Å². The van der Waals surface area contributed by atoms with Crippen LogP contribution in [-0.4, -0.2) is 34.2 Å². The molecular weight excluding hydrogens is 310 g/mol. The largest absolute Gasteiger partial charge is 0.550 e. The van der Waals surface area contributed by atoms with Gasteiger partial charge in [-0.1, -0.05) is 23.7 Å². The number of hydrogen-bond donors (Lipinski definition) is 1. The van der Waals surface area contributed by atoms with Gasteiger partial charge in [-0.3, -0.25) is 9.59 Å². The van der Waals surface area contributed by atoms with Crippen molar-refractivity contribution in [1.29, 1.82) is 0 Å². The zero-order chi connectivity index (χ0) is 16.4. The lowest BCUT2D eigenvalue weighted by atomic mass is 9.97. The van der Waals surface area contributed by atoms with E-state index in [1.54, 1.807) is 24.3 Å². The summed E-state index contributed by atoms with van der Waals surface area (Å²) in [6.45, 7) is 1.07. The van der Waals surface area contributed by atoms with Gasteiger partial charge in [0.2, 0.25) is 0 Å². The fourth-order valence-electron chi connectivity index (χ4n) is 2.45. The molecule has 0 fully saturated rings. The molecule has 1 aliphatic rings. The van der Waals surface area contributed by atoms with Crippen molar-refractivity contribution in [3.63, 3.8) is 0 Å². The minimum absolute atomic E-state index is 0.0503. The highest BCUT2D eigenvalue weighted by molar-refractivity contribution is 6.30. The first-order valence-electron chi connectivity index (χ1n) is 6.53. The van der Waals surface area contributed by atoms with Gasteiger partial charge in [-0.25, -0.2) is 0 Å². The van der Waals surface area contributed by atoms with E-state index in [0.29, 0.717) is 10.6 Å². The molecule has 116 valence electrons. The van der Waals surface area contributed by atoms with Crippen LogP contribution in [0.15, 0.2) is 35.6 Å². The Balaban J connectivity index is 2.45. The number of amides is 1. The Hall–Kier alpha value is -2.34. The third-order valence-electron chi connectivity index (χ3n) is 3.43. The summed E-state index contributed by atoms with van der Waals surface area (Å²) in [6, 6.07) is 5.58. The Morgan fingerprint density at radius 1 is 1.32 bits per heavy atom. The predicted octanol–water partition coefficient (Wildman–Crippen LogP) is 0.764. The number of carbonyl (C=O) groups excluding carboxylic acids is 3. The summed E-state index contributed by atoms with van der Waals surface area (Å²) in [5.74, 6) is -3.20. The molecule has 0 saturated heterocycles. The first-order chi connectivity index (χ1) is 10.3. The molecule has 1 heterocycles. The van der Waals surface area contributed by atoms with Crippen molar-refractivity contribution in [2.45, 2.75) is 19.4 Å². The number of benzene rings is 1. The van der Waals surface area contributed by atoms with Crippen LogP contribution >= 0.6 is 11.6 Å². The van der Waals surface area contributed by atoms with Gasteiger partial charge in [-0.05, 0) is 24.6 Å². The van der Waals surface area contributed by atoms with Crippen molar-refractivity contribution < 1.29 is 24.6 Å². The van der Waals surface area contributed by atoms with Crippen LogP contribution in [0.3, 0.4) is 0 Å². The molecule has 2 rings (SSSR count). The molecule has 7 heteroatoms.